The first-order valence-electron chi connectivity index (χ1n) is 7.40. The van der Waals surface area contributed by atoms with Gasteiger partial charge in [0.05, 0.1) is 18.4 Å². The molecular formula is C16H21F2NO2. The van der Waals surface area contributed by atoms with Gasteiger partial charge >= 0.3 is 5.97 Å². The Kier molecular flexibility index (Phi) is 5.15. The normalized spacial score (nSPS) is 21.9. The summed E-state index contributed by atoms with van der Waals surface area (Å²) in [6.45, 7) is 2.12. The molecule has 2 rings (SSSR count). The van der Waals surface area contributed by atoms with Gasteiger partial charge in [0.15, 0.2) is 0 Å². The van der Waals surface area contributed by atoms with E-state index in [2.05, 4.69) is 17.0 Å². The van der Waals surface area contributed by atoms with Crippen LogP contribution < -0.4 is 5.32 Å². The highest BCUT2D eigenvalue weighted by atomic mass is 19.1. The highest BCUT2D eigenvalue weighted by molar-refractivity contribution is 5.90. The fourth-order valence-corrected chi connectivity index (χ4v) is 3.01. The van der Waals surface area contributed by atoms with Gasteiger partial charge in [0.1, 0.15) is 11.6 Å². The van der Waals surface area contributed by atoms with Gasteiger partial charge in [0, 0.05) is 12.1 Å². The zero-order chi connectivity index (χ0) is 15.4. The average molecular weight is 297 g/mol. The molecule has 0 aliphatic heterocycles. The molecule has 1 aliphatic carbocycles. The van der Waals surface area contributed by atoms with Crippen LogP contribution in [0.4, 0.5) is 14.5 Å². The summed E-state index contributed by atoms with van der Waals surface area (Å²) in [5.41, 5.74) is -0.0765. The molecule has 0 radical (unpaired) electrons. The molecule has 0 amide bonds. The molecule has 2 atom stereocenters. The van der Waals surface area contributed by atoms with E-state index >= 15 is 0 Å². The molecule has 1 aromatic carbocycles. The van der Waals surface area contributed by atoms with Crippen molar-refractivity contribution in [2.75, 3.05) is 12.4 Å². The summed E-state index contributed by atoms with van der Waals surface area (Å²) >= 11 is 0. The molecule has 1 N–H and O–H groups in total. The molecule has 0 heterocycles. The highest BCUT2D eigenvalue weighted by Crippen LogP contribution is 2.31. The Bertz CT molecular complexity index is 519. The van der Waals surface area contributed by atoms with E-state index in [9.17, 15) is 13.6 Å². The summed E-state index contributed by atoms with van der Waals surface area (Å²) in [5, 5.41) is 3.15. The van der Waals surface area contributed by atoms with Gasteiger partial charge < -0.3 is 10.1 Å². The summed E-state index contributed by atoms with van der Waals surface area (Å²) in [4.78, 5) is 11.5. The van der Waals surface area contributed by atoms with Crippen molar-refractivity contribution in [3.8, 4) is 0 Å². The van der Waals surface area contributed by atoms with Crippen LogP contribution in [0.1, 0.15) is 49.4 Å². The summed E-state index contributed by atoms with van der Waals surface area (Å²) in [6, 6.07) is 2.10. The van der Waals surface area contributed by atoms with Crippen LogP contribution >= 0.6 is 0 Å². The summed E-state index contributed by atoms with van der Waals surface area (Å²) in [6.07, 6.45) is 5.38. The molecule has 2 unspecified atom stereocenters. The van der Waals surface area contributed by atoms with Crippen molar-refractivity contribution in [1.82, 2.24) is 0 Å². The molecule has 116 valence electrons. The maximum absolute atomic E-state index is 13.9. The lowest BCUT2D eigenvalue weighted by Crippen LogP contribution is -2.32. The van der Waals surface area contributed by atoms with Gasteiger partial charge in [-0.1, -0.05) is 26.2 Å². The number of carbonyl (C=O) groups excluding carboxylic acids is 1. The third kappa shape index (κ3) is 3.52. The Morgan fingerprint density at radius 3 is 2.67 bits per heavy atom. The Labute approximate surface area is 123 Å². The Balaban J connectivity index is 2.24. The second-order valence-electron chi connectivity index (χ2n) is 5.51. The standard InChI is InChI=1S/C16H21F2NO2/c1-3-10-6-4-5-7-14(10)19-15-8-11(16(20)21-2)12(17)9-13(15)18/h8-10,14,19H,3-7H2,1-2H3. The van der Waals surface area contributed by atoms with Gasteiger partial charge in [0.2, 0.25) is 0 Å². The number of halogens is 2. The number of ether oxygens (including phenoxy) is 1. The monoisotopic (exact) mass is 297 g/mol. The van der Waals surface area contributed by atoms with Crippen molar-refractivity contribution in [1.29, 1.82) is 0 Å². The first-order chi connectivity index (χ1) is 10.1. The number of nitrogens with one attached hydrogen (secondary N) is 1. The smallest absolute Gasteiger partial charge is 0.340 e. The molecule has 5 heteroatoms. The SMILES string of the molecule is CCC1CCCCC1Nc1cc(C(=O)OC)c(F)cc1F. The van der Waals surface area contributed by atoms with Gasteiger partial charge in [-0.3, -0.25) is 0 Å². The molecule has 1 aliphatic rings. The summed E-state index contributed by atoms with van der Waals surface area (Å²) in [5.74, 6) is -1.91. The van der Waals surface area contributed by atoms with Crippen LogP contribution in [0.25, 0.3) is 0 Å². The van der Waals surface area contributed by atoms with Crippen LogP contribution in [-0.4, -0.2) is 19.1 Å². The molecule has 1 aromatic rings. The minimum Gasteiger partial charge on any atom is -0.465 e. The maximum atomic E-state index is 13.9. The van der Waals surface area contributed by atoms with Crippen molar-refractivity contribution < 1.29 is 18.3 Å². The number of hydrogen-bond donors (Lipinski definition) is 1. The van der Waals surface area contributed by atoms with Crippen molar-refractivity contribution in [2.45, 2.75) is 45.1 Å². The topological polar surface area (TPSA) is 38.3 Å². The minimum absolute atomic E-state index is 0.161. The van der Waals surface area contributed by atoms with Crippen molar-refractivity contribution >= 4 is 11.7 Å². The van der Waals surface area contributed by atoms with E-state index < -0.39 is 17.6 Å². The zero-order valence-corrected chi connectivity index (χ0v) is 12.4. The number of benzene rings is 1. The largest absolute Gasteiger partial charge is 0.465 e. The number of hydrogen-bond acceptors (Lipinski definition) is 3. The van der Waals surface area contributed by atoms with Crippen LogP contribution in [0.5, 0.6) is 0 Å². The first-order valence-corrected chi connectivity index (χ1v) is 7.40. The van der Waals surface area contributed by atoms with E-state index in [0.717, 1.165) is 31.7 Å². The fourth-order valence-electron chi connectivity index (χ4n) is 3.01. The number of anilines is 1. The lowest BCUT2D eigenvalue weighted by atomic mass is 9.83. The highest BCUT2D eigenvalue weighted by Gasteiger charge is 2.25. The fraction of sp³-hybridized carbons (Fsp3) is 0.562. The summed E-state index contributed by atoms with van der Waals surface area (Å²) < 4.78 is 32.1. The third-order valence-electron chi connectivity index (χ3n) is 4.24. The van der Waals surface area contributed by atoms with Crippen LogP contribution in [0, 0.1) is 17.6 Å². The van der Waals surface area contributed by atoms with E-state index in [1.165, 1.54) is 19.6 Å². The Morgan fingerprint density at radius 1 is 1.29 bits per heavy atom. The quantitative estimate of drug-likeness (QED) is 0.849. The van der Waals surface area contributed by atoms with E-state index in [4.69, 9.17) is 0 Å². The Morgan fingerprint density at radius 2 is 2.00 bits per heavy atom. The molecule has 0 bridgehead atoms. The van der Waals surface area contributed by atoms with Gasteiger partial charge in [-0.2, -0.15) is 0 Å². The maximum Gasteiger partial charge on any atom is 0.340 e. The van der Waals surface area contributed by atoms with E-state index in [0.29, 0.717) is 5.92 Å². The number of esters is 1. The molecule has 0 spiro atoms. The van der Waals surface area contributed by atoms with Crippen LogP contribution in [0.2, 0.25) is 0 Å². The van der Waals surface area contributed by atoms with Crippen LogP contribution in [-0.2, 0) is 4.74 Å². The van der Waals surface area contributed by atoms with Gasteiger partial charge in [-0.15, -0.1) is 0 Å². The second kappa shape index (κ2) is 6.87. The van der Waals surface area contributed by atoms with E-state index in [1.807, 2.05) is 0 Å². The predicted molar refractivity (Wildman–Crippen MR) is 77.4 cm³/mol. The molecule has 1 saturated carbocycles. The predicted octanol–water partition coefficient (Wildman–Crippen LogP) is 4.13. The van der Waals surface area contributed by atoms with Gasteiger partial charge in [-0.25, -0.2) is 13.6 Å². The lowest BCUT2D eigenvalue weighted by molar-refractivity contribution is 0.0595. The van der Waals surface area contributed by atoms with Crippen molar-refractivity contribution in [3.05, 3.63) is 29.3 Å². The molecule has 3 nitrogen and oxygen atoms in total. The lowest BCUT2D eigenvalue weighted by Gasteiger charge is -2.32. The second-order valence-corrected chi connectivity index (χ2v) is 5.51. The minimum atomic E-state index is -0.902. The van der Waals surface area contributed by atoms with E-state index in [1.54, 1.807) is 0 Å². The van der Waals surface area contributed by atoms with E-state index in [-0.39, 0.29) is 17.3 Å². The molecular weight excluding hydrogens is 276 g/mol. The van der Waals surface area contributed by atoms with Crippen molar-refractivity contribution in [2.24, 2.45) is 5.92 Å². The molecule has 0 aromatic heterocycles. The first kappa shape index (κ1) is 15.7. The number of methoxy groups -OCH3 is 1. The molecule has 0 saturated heterocycles. The van der Waals surface area contributed by atoms with Gasteiger partial charge in [0.25, 0.3) is 0 Å². The summed E-state index contributed by atoms with van der Waals surface area (Å²) in [7, 11) is 1.17. The van der Waals surface area contributed by atoms with Crippen molar-refractivity contribution in [3.63, 3.8) is 0 Å². The molecule has 1 fully saturated rings. The average Bonchev–Trinajstić information content (AvgIpc) is 2.49. The van der Waals surface area contributed by atoms with Gasteiger partial charge in [-0.05, 0) is 24.8 Å². The zero-order valence-electron chi connectivity index (χ0n) is 12.4. The van der Waals surface area contributed by atoms with Crippen LogP contribution in [0.15, 0.2) is 12.1 Å². The Hall–Kier alpha value is -1.65. The molecule has 21 heavy (non-hydrogen) atoms. The number of rotatable bonds is 4. The third-order valence-corrected chi connectivity index (χ3v) is 4.24. The van der Waals surface area contributed by atoms with Crippen LogP contribution in [0.3, 0.4) is 0 Å². The number of carbonyl (C=O) groups is 1.